The fourth-order valence-corrected chi connectivity index (χ4v) is 4.03. The van der Waals surface area contributed by atoms with Crippen LogP contribution in [0.15, 0.2) is 57.9 Å². The molecular weight excluding hydrogens is 478 g/mol. The van der Waals surface area contributed by atoms with Crippen molar-refractivity contribution in [1.29, 1.82) is 0 Å². The third-order valence-electron chi connectivity index (χ3n) is 4.18. The monoisotopic (exact) mass is 489 g/mol. The smallest absolute Gasteiger partial charge is 0.258 e. The van der Waals surface area contributed by atoms with Crippen LogP contribution < -0.4 is 9.64 Å². The molecule has 4 rings (SSSR count). The Morgan fingerprint density at radius 2 is 1.93 bits per heavy atom. The summed E-state index contributed by atoms with van der Waals surface area (Å²) in [5.74, 6) is 0.264. The Morgan fingerprint density at radius 1 is 1.15 bits per heavy atom. The van der Waals surface area contributed by atoms with Crippen LogP contribution in [-0.4, -0.2) is 34.1 Å². The number of phenols is 1. The lowest BCUT2D eigenvalue weighted by molar-refractivity contribution is 0.0975. The fourth-order valence-electron chi connectivity index (χ4n) is 2.85. The van der Waals surface area contributed by atoms with Gasteiger partial charge in [0, 0.05) is 35.3 Å². The second kappa shape index (κ2) is 7.28. The topological polar surface area (TPSA) is 75.5 Å². The zero-order valence-corrected chi connectivity index (χ0v) is 17.1. The van der Waals surface area contributed by atoms with Crippen molar-refractivity contribution in [2.45, 2.75) is 0 Å². The van der Waals surface area contributed by atoms with Gasteiger partial charge in [0.1, 0.15) is 18.0 Å². The highest BCUT2D eigenvalue weighted by Crippen LogP contribution is 2.37. The van der Waals surface area contributed by atoms with E-state index in [2.05, 4.69) is 41.8 Å². The fraction of sp³-hybridized carbons (Fsp3) is 0.105. The number of nitrogens with zero attached hydrogens (tertiary/aromatic N) is 3. The number of pyridine rings is 2. The van der Waals surface area contributed by atoms with Crippen LogP contribution in [0.4, 0.5) is 5.69 Å². The highest BCUT2D eigenvalue weighted by Gasteiger charge is 2.27. The van der Waals surface area contributed by atoms with Gasteiger partial charge in [-0.15, -0.1) is 0 Å². The van der Waals surface area contributed by atoms with Gasteiger partial charge in [-0.05, 0) is 56.1 Å². The molecule has 8 heteroatoms. The second-order valence-electron chi connectivity index (χ2n) is 5.88. The molecule has 0 saturated heterocycles. The lowest BCUT2D eigenvalue weighted by Crippen LogP contribution is -2.38. The average molecular weight is 491 g/mol. The molecule has 0 fully saturated rings. The molecule has 1 N–H and O–H groups in total. The van der Waals surface area contributed by atoms with Gasteiger partial charge < -0.3 is 14.7 Å². The van der Waals surface area contributed by atoms with Crippen LogP contribution in [0.1, 0.15) is 10.4 Å². The van der Waals surface area contributed by atoms with E-state index in [0.717, 1.165) is 11.1 Å². The molecule has 3 heterocycles. The van der Waals surface area contributed by atoms with Crippen molar-refractivity contribution in [3.8, 4) is 22.8 Å². The summed E-state index contributed by atoms with van der Waals surface area (Å²) in [6.45, 7) is 0.762. The largest absolute Gasteiger partial charge is 0.506 e. The number of fused-ring (bicyclic) bond motifs is 1. The van der Waals surface area contributed by atoms with E-state index in [0.29, 0.717) is 39.2 Å². The Kier molecular flexibility index (Phi) is 4.84. The molecule has 1 aromatic carbocycles. The zero-order valence-electron chi connectivity index (χ0n) is 13.9. The number of aromatic hydroxyl groups is 1. The van der Waals surface area contributed by atoms with Gasteiger partial charge in [-0.25, -0.2) is 4.98 Å². The third-order valence-corrected chi connectivity index (χ3v) is 5.39. The number of rotatable bonds is 2. The number of halogens is 2. The van der Waals surface area contributed by atoms with Crippen LogP contribution in [0, 0.1) is 0 Å². The Balaban J connectivity index is 1.75. The predicted molar refractivity (Wildman–Crippen MR) is 108 cm³/mol. The second-order valence-corrected chi connectivity index (χ2v) is 7.59. The maximum absolute atomic E-state index is 13.1. The number of amides is 1. The van der Waals surface area contributed by atoms with Crippen molar-refractivity contribution < 1.29 is 14.6 Å². The number of phenolic OH excluding ortho intramolecular Hbond substituents is 1. The molecule has 0 bridgehead atoms. The van der Waals surface area contributed by atoms with Crippen LogP contribution in [0.5, 0.6) is 11.6 Å². The summed E-state index contributed by atoms with van der Waals surface area (Å²) < 4.78 is 6.50. The quantitative estimate of drug-likeness (QED) is 0.575. The van der Waals surface area contributed by atoms with Crippen molar-refractivity contribution in [2.75, 3.05) is 18.1 Å². The minimum absolute atomic E-state index is 0.0504. The normalized spacial score (nSPS) is 13.0. The molecule has 2 aromatic heterocycles. The first-order chi connectivity index (χ1) is 13.0. The van der Waals surface area contributed by atoms with Gasteiger partial charge >= 0.3 is 0 Å². The van der Waals surface area contributed by atoms with E-state index >= 15 is 0 Å². The number of benzene rings is 1. The van der Waals surface area contributed by atoms with Crippen molar-refractivity contribution in [3.05, 3.63) is 63.4 Å². The Bertz CT molecular complexity index is 1000. The van der Waals surface area contributed by atoms with Crippen LogP contribution in [-0.2, 0) is 0 Å². The van der Waals surface area contributed by atoms with E-state index < -0.39 is 0 Å². The summed E-state index contributed by atoms with van der Waals surface area (Å²) in [6.07, 6.45) is 5.15. The predicted octanol–water partition coefficient (Wildman–Crippen LogP) is 4.41. The molecule has 6 nitrogen and oxygen atoms in total. The number of aromatic nitrogens is 2. The van der Waals surface area contributed by atoms with E-state index in [1.807, 2.05) is 18.2 Å². The first kappa shape index (κ1) is 17.9. The van der Waals surface area contributed by atoms with Gasteiger partial charge in [0.15, 0.2) is 0 Å². The van der Waals surface area contributed by atoms with Crippen molar-refractivity contribution in [3.63, 3.8) is 0 Å². The number of carbonyl (C=O) groups is 1. The molecule has 0 atom stereocenters. The maximum atomic E-state index is 13.1. The summed E-state index contributed by atoms with van der Waals surface area (Å²) in [7, 11) is 0. The number of hydrogen-bond acceptors (Lipinski definition) is 5. The minimum Gasteiger partial charge on any atom is -0.506 e. The molecule has 1 aliphatic heterocycles. The Labute approximate surface area is 172 Å². The van der Waals surface area contributed by atoms with Gasteiger partial charge in [-0.1, -0.05) is 6.07 Å². The summed E-state index contributed by atoms with van der Waals surface area (Å²) in [5, 5.41) is 9.89. The van der Waals surface area contributed by atoms with Crippen LogP contribution in [0.25, 0.3) is 11.1 Å². The number of hydrogen-bond donors (Lipinski definition) is 1. The summed E-state index contributed by atoms with van der Waals surface area (Å²) in [4.78, 5) is 23.3. The standard InChI is InChI=1S/C19H13Br2N3O3/c20-14-6-12(7-15(21)17(14)25)19(26)24-4-5-27-18-16(24)8-13(10-23-18)11-2-1-3-22-9-11/h1-3,6-10,25H,4-5H2. The van der Waals surface area contributed by atoms with E-state index in [9.17, 15) is 9.90 Å². The van der Waals surface area contributed by atoms with Gasteiger partial charge in [-0.3, -0.25) is 9.78 Å². The molecule has 27 heavy (non-hydrogen) atoms. The molecule has 1 aliphatic rings. The molecule has 0 aliphatic carbocycles. The molecule has 0 radical (unpaired) electrons. The average Bonchev–Trinajstić information content (AvgIpc) is 2.71. The molecule has 0 spiro atoms. The van der Waals surface area contributed by atoms with E-state index in [-0.39, 0.29) is 11.7 Å². The van der Waals surface area contributed by atoms with Crippen LogP contribution in [0.2, 0.25) is 0 Å². The number of ether oxygens (including phenoxy) is 1. The number of anilines is 1. The highest BCUT2D eigenvalue weighted by molar-refractivity contribution is 9.11. The van der Waals surface area contributed by atoms with Crippen molar-refractivity contribution >= 4 is 43.5 Å². The third kappa shape index (κ3) is 3.42. The lowest BCUT2D eigenvalue weighted by Gasteiger charge is -2.29. The highest BCUT2D eigenvalue weighted by atomic mass is 79.9. The van der Waals surface area contributed by atoms with Gasteiger partial charge in [0.25, 0.3) is 5.91 Å². The maximum Gasteiger partial charge on any atom is 0.258 e. The zero-order chi connectivity index (χ0) is 19.0. The molecule has 3 aromatic rings. The van der Waals surface area contributed by atoms with E-state index in [1.165, 1.54) is 0 Å². The molecule has 136 valence electrons. The van der Waals surface area contributed by atoms with Crippen LogP contribution in [0.3, 0.4) is 0 Å². The van der Waals surface area contributed by atoms with E-state index in [1.54, 1.807) is 35.6 Å². The van der Waals surface area contributed by atoms with Gasteiger partial charge in [-0.2, -0.15) is 0 Å². The Hall–Kier alpha value is -2.45. The van der Waals surface area contributed by atoms with Gasteiger partial charge in [0.05, 0.1) is 15.5 Å². The van der Waals surface area contributed by atoms with Crippen molar-refractivity contribution in [1.82, 2.24) is 9.97 Å². The van der Waals surface area contributed by atoms with E-state index in [4.69, 9.17) is 4.74 Å². The Morgan fingerprint density at radius 3 is 2.63 bits per heavy atom. The number of carbonyl (C=O) groups excluding carboxylic acids is 1. The first-order valence-corrected chi connectivity index (χ1v) is 9.66. The van der Waals surface area contributed by atoms with Crippen LogP contribution >= 0.6 is 31.9 Å². The summed E-state index contributed by atoms with van der Waals surface area (Å²) >= 11 is 6.54. The first-order valence-electron chi connectivity index (χ1n) is 8.07. The summed E-state index contributed by atoms with van der Waals surface area (Å²) in [5.41, 5.74) is 2.79. The lowest BCUT2D eigenvalue weighted by atomic mass is 10.1. The SMILES string of the molecule is O=C(c1cc(Br)c(O)c(Br)c1)N1CCOc2ncc(-c3cccnc3)cc21. The molecular formula is C19H13Br2N3O3. The minimum atomic E-state index is -0.203. The molecule has 0 saturated carbocycles. The summed E-state index contributed by atoms with van der Waals surface area (Å²) in [6, 6.07) is 8.84. The molecule has 0 unspecified atom stereocenters. The van der Waals surface area contributed by atoms with Gasteiger partial charge in [0.2, 0.25) is 5.88 Å². The van der Waals surface area contributed by atoms with Crippen molar-refractivity contribution in [2.24, 2.45) is 0 Å². The molecule has 1 amide bonds.